The van der Waals surface area contributed by atoms with Crippen LogP contribution >= 0.6 is 0 Å². The van der Waals surface area contributed by atoms with Crippen LogP contribution in [0.25, 0.3) is 0 Å². The summed E-state index contributed by atoms with van der Waals surface area (Å²) in [5, 5.41) is 8.85. The van der Waals surface area contributed by atoms with E-state index in [9.17, 15) is 8.78 Å². The molecule has 0 aliphatic rings. The summed E-state index contributed by atoms with van der Waals surface area (Å²) in [7, 11) is 0. The fourth-order valence-electron chi connectivity index (χ4n) is 1.77. The van der Waals surface area contributed by atoms with Gasteiger partial charge in [-0.1, -0.05) is 13.8 Å². The first kappa shape index (κ1) is 13.8. The topological polar surface area (TPSA) is 20.2 Å². The zero-order valence-corrected chi connectivity index (χ0v) is 9.34. The van der Waals surface area contributed by atoms with Gasteiger partial charge in [-0.25, -0.2) is 4.39 Å². The molecule has 0 amide bonds. The number of hydrogen-bond acceptors (Lipinski definition) is 1. The van der Waals surface area contributed by atoms with Crippen LogP contribution in [-0.4, -0.2) is 24.6 Å². The van der Waals surface area contributed by atoms with E-state index in [1.807, 2.05) is 13.8 Å². The van der Waals surface area contributed by atoms with Crippen molar-refractivity contribution in [3.05, 3.63) is 0 Å². The van der Waals surface area contributed by atoms with Gasteiger partial charge in [-0.3, -0.25) is 4.39 Å². The van der Waals surface area contributed by atoms with Crippen LogP contribution in [0.3, 0.4) is 0 Å². The highest BCUT2D eigenvalue weighted by molar-refractivity contribution is 4.70. The maximum Gasteiger partial charge on any atom is 0.0977 e. The van der Waals surface area contributed by atoms with Crippen LogP contribution < -0.4 is 0 Å². The van der Waals surface area contributed by atoms with E-state index >= 15 is 0 Å². The molecule has 0 bridgehead atoms. The Morgan fingerprint density at radius 1 is 1.14 bits per heavy atom. The molecule has 0 fully saturated rings. The Balaban J connectivity index is 3.96. The summed E-state index contributed by atoms with van der Waals surface area (Å²) < 4.78 is 25.3. The van der Waals surface area contributed by atoms with Crippen molar-refractivity contribution < 1.29 is 13.9 Å². The number of alkyl halides is 2. The molecule has 0 aromatic rings. The van der Waals surface area contributed by atoms with Crippen LogP contribution in [0.4, 0.5) is 8.78 Å². The molecule has 0 spiro atoms. The van der Waals surface area contributed by atoms with Gasteiger partial charge in [0.25, 0.3) is 0 Å². The second kappa shape index (κ2) is 7.16. The lowest BCUT2D eigenvalue weighted by molar-refractivity contribution is 0.157. The second-order valence-corrected chi connectivity index (χ2v) is 4.43. The summed E-state index contributed by atoms with van der Waals surface area (Å²) >= 11 is 0. The molecule has 0 aliphatic heterocycles. The molecule has 0 heterocycles. The third-order valence-corrected chi connectivity index (χ3v) is 2.72. The van der Waals surface area contributed by atoms with Gasteiger partial charge in [0.1, 0.15) is 0 Å². The number of rotatable bonds is 7. The van der Waals surface area contributed by atoms with Crippen molar-refractivity contribution in [1.82, 2.24) is 0 Å². The third-order valence-electron chi connectivity index (χ3n) is 2.72. The summed E-state index contributed by atoms with van der Waals surface area (Å²) in [6.45, 7) is 4.97. The van der Waals surface area contributed by atoms with E-state index in [1.54, 1.807) is 0 Å². The molecule has 14 heavy (non-hydrogen) atoms. The van der Waals surface area contributed by atoms with Crippen LogP contribution in [0.5, 0.6) is 0 Å². The van der Waals surface area contributed by atoms with Crippen molar-refractivity contribution in [2.75, 3.05) is 13.3 Å². The highest BCUT2D eigenvalue weighted by Crippen LogP contribution is 2.25. The lowest BCUT2D eigenvalue weighted by Gasteiger charge is -2.23. The molecule has 3 heteroatoms. The molecule has 0 radical (unpaired) electrons. The van der Waals surface area contributed by atoms with Gasteiger partial charge in [0.05, 0.1) is 12.8 Å². The number of aliphatic hydroxyl groups is 1. The Morgan fingerprint density at radius 2 is 1.71 bits per heavy atom. The molecule has 0 rings (SSSR count). The Labute approximate surface area is 85.5 Å². The summed E-state index contributed by atoms with van der Waals surface area (Å²) in [4.78, 5) is 0. The quantitative estimate of drug-likeness (QED) is 0.682. The molecule has 0 aromatic heterocycles. The van der Waals surface area contributed by atoms with Gasteiger partial charge in [-0.2, -0.15) is 0 Å². The Morgan fingerprint density at radius 3 is 2.07 bits per heavy atom. The van der Waals surface area contributed by atoms with Crippen LogP contribution in [0.1, 0.15) is 33.6 Å². The smallest absolute Gasteiger partial charge is 0.0977 e. The Kier molecular flexibility index (Phi) is 7.06. The average molecular weight is 208 g/mol. The molecule has 1 N–H and O–H groups in total. The van der Waals surface area contributed by atoms with Gasteiger partial charge in [0, 0.05) is 6.61 Å². The summed E-state index contributed by atoms with van der Waals surface area (Å²) in [5.74, 6) is 0.110. The molecular formula is C11H22F2O. The fourth-order valence-corrected chi connectivity index (χ4v) is 1.77. The van der Waals surface area contributed by atoms with E-state index in [-0.39, 0.29) is 30.8 Å². The van der Waals surface area contributed by atoms with E-state index in [0.717, 1.165) is 6.42 Å². The summed E-state index contributed by atoms with van der Waals surface area (Å²) in [6, 6.07) is 0. The van der Waals surface area contributed by atoms with Gasteiger partial charge in [0.2, 0.25) is 0 Å². The van der Waals surface area contributed by atoms with Gasteiger partial charge in [-0.15, -0.1) is 0 Å². The highest BCUT2D eigenvalue weighted by Gasteiger charge is 2.21. The monoisotopic (exact) mass is 208 g/mol. The van der Waals surface area contributed by atoms with Crippen molar-refractivity contribution in [2.45, 2.75) is 39.8 Å². The number of halogens is 2. The van der Waals surface area contributed by atoms with Gasteiger partial charge in [0.15, 0.2) is 0 Å². The van der Waals surface area contributed by atoms with Crippen LogP contribution in [0.2, 0.25) is 0 Å². The minimum Gasteiger partial charge on any atom is -0.396 e. The van der Waals surface area contributed by atoms with Crippen LogP contribution in [0, 0.1) is 17.8 Å². The fraction of sp³-hybridized carbons (Fsp3) is 1.00. The van der Waals surface area contributed by atoms with Crippen molar-refractivity contribution in [1.29, 1.82) is 0 Å². The van der Waals surface area contributed by atoms with E-state index < -0.39 is 12.8 Å². The highest BCUT2D eigenvalue weighted by atomic mass is 19.1. The summed E-state index contributed by atoms with van der Waals surface area (Å²) in [5.41, 5.74) is 0. The van der Waals surface area contributed by atoms with E-state index in [2.05, 4.69) is 0 Å². The van der Waals surface area contributed by atoms with Gasteiger partial charge in [-0.05, 0) is 37.5 Å². The lowest BCUT2D eigenvalue weighted by Crippen LogP contribution is -2.20. The van der Waals surface area contributed by atoms with Crippen molar-refractivity contribution in [2.24, 2.45) is 17.8 Å². The third kappa shape index (κ3) is 5.53. The van der Waals surface area contributed by atoms with E-state index in [1.165, 1.54) is 6.92 Å². The molecule has 4 atom stereocenters. The van der Waals surface area contributed by atoms with Crippen LogP contribution in [-0.2, 0) is 0 Å². The van der Waals surface area contributed by atoms with Crippen molar-refractivity contribution >= 4 is 0 Å². The molecule has 0 unspecified atom stereocenters. The molecule has 0 aromatic carbocycles. The number of hydrogen-bond donors (Lipinski definition) is 1. The van der Waals surface area contributed by atoms with E-state index in [0.29, 0.717) is 0 Å². The lowest BCUT2D eigenvalue weighted by atomic mass is 9.84. The molecular weight excluding hydrogens is 186 g/mol. The number of aliphatic hydroxyl groups excluding tert-OH is 1. The molecule has 0 aliphatic carbocycles. The molecule has 1 nitrogen and oxygen atoms in total. The maximum atomic E-state index is 12.7. The first-order valence-electron chi connectivity index (χ1n) is 5.32. The van der Waals surface area contributed by atoms with Crippen molar-refractivity contribution in [3.63, 3.8) is 0 Å². The minimum absolute atomic E-state index is 0.120. The van der Waals surface area contributed by atoms with Gasteiger partial charge >= 0.3 is 0 Å². The predicted molar refractivity (Wildman–Crippen MR) is 54.7 cm³/mol. The second-order valence-electron chi connectivity index (χ2n) is 4.43. The zero-order valence-electron chi connectivity index (χ0n) is 9.34. The van der Waals surface area contributed by atoms with Crippen molar-refractivity contribution in [3.8, 4) is 0 Å². The average Bonchev–Trinajstić information content (AvgIpc) is 2.13. The molecule has 0 saturated carbocycles. The molecule has 86 valence electrons. The summed E-state index contributed by atoms with van der Waals surface area (Å²) in [6.07, 6.45) is 0.107. The molecule has 0 saturated heterocycles. The predicted octanol–water partition coefficient (Wildman–Crippen LogP) is 2.97. The van der Waals surface area contributed by atoms with E-state index in [4.69, 9.17) is 5.11 Å². The standard InChI is InChI=1S/C11H22F2O/c1-8(7-14)4-9(2)11(6-12)5-10(3)13/h8-11,14H,4-7H2,1-3H3/t8-,9+,10-,11-/m1/s1. The largest absolute Gasteiger partial charge is 0.396 e. The minimum atomic E-state index is -0.942. The first-order chi connectivity index (χ1) is 6.51. The zero-order chi connectivity index (χ0) is 11.1. The SMILES string of the molecule is C[C@@H](CO)C[C@H](C)[C@@H](CF)C[C@@H](C)F. The Hall–Kier alpha value is -0.180. The van der Waals surface area contributed by atoms with Gasteiger partial charge < -0.3 is 5.11 Å². The maximum absolute atomic E-state index is 12.7. The Bertz CT molecular complexity index is 139. The van der Waals surface area contributed by atoms with Crippen LogP contribution in [0.15, 0.2) is 0 Å². The first-order valence-corrected chi connectivity index (χ1v) is 5.32. The normalized spacial score (nSPS) is 20.1.